The average molecular weight is 431 g/mol. The van der Waals surface area contributed by atoms with E-state index in [1.54, 1.807) is 19.2 Å². The van der Waals surface area contributed by atoms with Crippen LogP contribution in [0, 0.1) is 11.7 Å². The van der Waals surface area contributed by atoms with Crippen LogP contribution in [0.4, 0.5) is 10.1 Å². The Morgan fingerprint density at radius 2 is 1.94 bits per heavy atom. The van der Waals surface area contributed by atoms with Gasteiger partial charge in [-0.05, 0) is 62.6 Å². The predicted octanol–water partition coefficient (Wildman–Crippen LogP) is 4.60. The van der Waals surface area contributed by atoms with Crippen LogP contribution in [0.25, 0.3) is 0 Å². The Kier molecular flexibility index (Phi) is 8.98. The van der Waals surface area contributed by atoms with Crippen LogP contribution in [0.3, 0.4) is 0 Å². The maximum Gasteiger partial charge on any atom is 0.165 e. The summed E-state index contributed by atoms with van der Waals surface area (Å²) in [6, 6.07) is 13.2. The van der Waals surface area contributed by atoms with Gasteiger partial charge in [-0.2, -0.15) is 0 Å². The molecule has 1 aliphatic heterocycles. The molecule has 0 spiro atoms. The first kappa shape index (κ1) is 23.4. The first-order valence-corrected chi connectivity index (χ1v) is 11.2. The maximum atomic E-state index is 14.6. The highest BCUT2D eigenvalue weighted by atomic mass is 19.1. The first-order chi connectivity index (χ1) is 15.1. The summed E-state index contributed by atoms with van der Waals surface area (Å²) in [5.41, 5.74) is 1.96. The van der Waals surface area contributed by atoms with Gasteiger partial charge in [0.05, 0.1) is 7.11 Å². The van der Waals surface area contributed by atoms with Gasteiger partial charge < -0.3 is 24.0 Å². The third-order valence-corrected chi connectivity index (χ3v) is 5.81. The van der Waals surface area contributed by atoms with Crippen LogP contribution in [0.5, 0.6) is 11.5 Å². The van der Waals surface area contributed by atoms with Crippen molar-refractivity contribution in [2.75, 3.05) is 58.5 Å². The van der Waals surface area contributed by atoms with E-state index in [-0.39, 0.29) is 5.82 Å². The zero-order chi connectivity index (χ0) is 22.1. The van der Waals surface area contributed by atoms with Crippen LogP contribution in [-0.2, 0) is 11.3 Å². The molecule has 1 heterocycles. The minimum Gasteiger partial charge on any atom is -0.497 e. The number of halogens is 1. The molecule has 0 aliphatic carbocycles. The van der Waals surface area contributed by atoms with Crippen molar-refractivity contribution in [3.8, 4) is 11.5 Å². The van der Waals surface area contributed by atoms with E-state index in [4.69, 9.17) is 14.2 Å². The van der Waals surface area contributed by atoms with Crippen molar-refractivity contribution < 1.29 is 18.6 Å². The van der Waals surface area contributed by atoms with Gasteiger partial charge >= 0.3 is 0 Å². The van der Waals surface area contributed by atoms with Crippen molar-refractivity contribution in [1.82, 2.24) is 4.90 Å². The lowest BCUT2D eigenvalue weighted by Crippen LogP contribution is -2.32. The van der Waals surface area contributed by atoms with Crippen molar-refractivity contribution in [2.24, 2.45) is 5.92 Å². The van der Waals surface area contributed by atoms with E-state index >= 15 is 0 Å². The van der Waals surface area contributed by atoms with E-state index < -0.39 is 0 Å². The van der Waals surface area contributed by atoms with Crippen LogP contribution < -0.4 is 14.4 Å². The number of nitrogens with zero attached hydrogens (tertiary/aromatic N) is 2. The molecule has 3 rings (SSSR count). The molecule has 0 radical (unpaired) electrons. The normalized spacial score (nSPS) is 14.6. The third-order valence-electron chi connectivity index (χ3n) is 5.81. The van der Waals surface area contributed by atoms with Crippen molar-refractivity contribution in [3.05, 3.63) is 53.8 Å². The van der Waals surface area contributed by atoms with Gasteiger partial charge in [0, 0.05) is 51.1 Å². The lowest BCUT2D eigenvalue weighted by atomic mass is 10.00. The summed E-state index contributed by atoms with van der Waals surface area (Å²) in [5.74, 6) is 1.49. The molecule has 6 heteroatoms. The van der Waals surface area contributed by atoms with Gasteiger partial charge in [0.1, 0.15) is 12.4 Å². The summed E-state index contributed by atoms with van der Waals surface area (Å²) in [5, 5.41) is 0. The second-order valence-electron chi connectivity index (χ2n) is 8.15. The van der Waals surface area contributed by atoms with Crippen molar-refractivity contribution >= 4 is 5.69 Å². The number of methoxy groups -OCH3 is 1. The quantitative estimate of drug-likeness (QED) is 0.521. The Bertz CT molecular complexity index is 811. The van der Waals surface area contributed by atoms with Gasteiger partial charge in [0.15, 0.2) is 11.6 Å². The summed E-state index contributed by atoms with van der Waals surface area (Å²) in [6.07, 6.45) is 2.23. The van der Waals surface area contributed by atoms with Crippen LogP contribution >= 0.6 is 0 Å². The molecule has 0 N–H and O–H groups in total. The van der Waals surface area contributed by atoms with Crippen LogP contribution in [0.15, 0.2) is 42.5 Å². The second kappa shape index (κ2) is 11.9. The van der Waals surface area contributed by atoms with Crippen molar-refractivity contribution in [2.45, 2.75) is 26.3 Å². The summed E-state index contributed by atoms with van der Waals surface area (Å²) in [6.45, 7) is 7.52. The van der Waals surface area contributed by atoms with E-state index in [0.29, 0.717) is 24.8 Å². The molecule has 0 atom stereocenters. The highest BCUT2D eigenvalue weighted by Crippen LogP contribution is 2.24. The summed E-state index contributed by atoms with van der Waals surface area (Å²) >= 11 is 0. The molecule has 0 aromatic heterocycles. The number of hydrogen-bond donors (Lipinski definition) is 0. The van der Waals surface area contributed by atoms with Gasteiger partial charge in [0.2, 0.25) is 0 Å². The molecule has 2 aromatic rings. The standard InChI is InChI=1S/C25H35FN2O3/c1-4-28(22-6-5-7-23(17-22)29-3)19-21-8-9-25(24(26)16-21)31-15-12-27(2)18-20-10-13-30-14-11-20/h5-9,16-17,20H,4,10-15,18-19H2,1-3H3. The van der Waals surface area contributed by atoms with E-state index in [9.17, 15) is 4.39 Å². The lowest BCUT2D eigenvalue weighted by Gasteiger charge is -2.27. The minimum absolute atomic E-state index is 0.313. The van der Waals surface area contributed by atoms with E-state index in [1.165, 1.54) is 0 Å². The fraction of sp³-hybridized carbons (Fsp3) is 0.520. The Morgan fingerprint density at radius 3 is 2.65 bits per heavy atom. The van der Waals surface area contributed by atoms with Gasteiger partial charge in [0.25, 0.3) is 0 Å². The molecule has 0 saturated carbocycles. The largest absolute Gasteiger partial charge is 0.497 e. The third kappa shape index (κ3) is 7.11. The highest BCUT2D eigenvalue weighted by Gasteiger charge is 2.16. The number of benzene rings is 2. The van der Waals surface area contributed by atoms with Crippen molar-refractivity contribution in [1.29, 1.82) is 0 Å². The zero-order valence-electron chi connectivity index (χ0n) is 19.0. The number of ether oxygens (including phenoxy) is 3. The molecular weight excluding hydrogens is 395 g/mol. The number of rotatable bonds is 11. The summed E-state index contributed by atoms with van der Waals surface area (Å²) in [4.78, 5) is 4.44. The van der Waals surface area contributed by atoms with Crippen LogP contribution in [-0.4, -0.2) is 58.5 Å². The number of hydrogen-bond acceptors (Lipinski definition) is 5. The molecule has 1 saturated heterocycles. The van der Waals surface area contributed by atoms with E-state index in [0.717, 1.165) is 62.7 Å². The van der Waals surface area contributed by atoms with Gasteiger partial charge in [-0.1, -0.05) is 12.1 Å². The fourth-order valence-electron chi connectivity index (χ4n) is 3.95. The topological polar surface area (TPSA) is 34.2 Å². The number of anilines is 1. The smallest absolute Gasteiger partial charge is 0.165 e. The molecule has 0 bridgehead atoms. The molecule has 1 aliphatic rings. The van der Waals surface area contributed by atoms with E-state index in [1.807, 2.05) is 30.3 Å². The molecular formula is C25H35FN2O3. The first-order valence-electron chi connectivity index (χ1n) is 11.2. The second-order valence-corrected chi connectivity index (χ2v) is 8.15. The number of likely N-dealkylation sites (N-methyl/N-ethyl adjacent to an activating group) is 1. The molecule has 31 heavy (non-hydrogen) atoms. The predicted molar refractivity (Wildman–Crippen MR) is 123 cm³/mol. The molecule has 0 amide bonds. The van der Waals surface area contributed by atoms with Crippen molar-refractivity contribution in [3.63, 3.8) is 0 Å². The Morgan fingerprint density at radius 1 is 1.13 bits per heavy atom. The Balaban J connectivity index is 1.50. The fourth-order valence-corrected chi connectivity index (χ4v) is 3.95. The van der Waals surface area contributed by atoms with Crippen LogP contribution in [0.2, 0.25) is 0 Å². The van der Waals surface area contributed by atoms with Gasteiger partial charge in [-0.3, -0.25) is 0 Å². The Hall–Kier alpha value is -2.31. The van der Waals surface area contributed by atoms with Crippen LogP contribution in [0.1, 0.15) is 25.3 Å². The lowest BCUT2D eigenvalue weighted by molar-refractivity contribution is 0.0542. The molecule has 2 aromatic carbocycles. The summed E-state index contributed by atoms with van der Waals surface area (Å²) in [7, 11) is 3.75. The molecule has 5 nitrogen and oxygen atoms in total. The molecule has 1 fully saturated rings. The maximum absolute atomic E-state index is 14.6. The van der Waals surface area contributed by atoms with E-state index in [2.05, 4.69) is 23.8 Å². The SMILES string of the molecule is CCN(Cc1ccc(OCCN(C)CC2CCOCC2)c(F)c1)c1cccc(OC)c1. The highest BCUT2D eigenvalue weighted by molar-refractivity contribution is 5.51. The Labute approximate surface area is 185 Å². The molecule has 170 valence electrons. The average Bonchev–Trinajstić information content (AvgIpc) is 2.79. The minimum atomic E-state index is -0.314. The van der Waals surface area contributed by atoms with Gasteiger partial charge in [-0.15, -0.1) is 0 Å². The van der Waals surface area contributed by atoms with Gasteiger partial charge in [-0.25, -0.2) is 4.39 Å². The zero-order valence-corrected chi connectivity index (χ0v) is 19.0. The molecule has 0 unspecified atom stereocenters. The monoisotopic (exact) mass is 430 g/mol. The summed E-state index contributed by atoms with van der Waals surface area (Å²) < 4.78 is 31.1.